The smallest absolute Gasteiger partial charge is 0.0593 e. The van der Waals surface area contributed by atoms with Gasteiger partial charge >= 0.3 is 0 Å². The van der Waals surface area contributed by atoms with Crippen LogP contribution < -0.4 is 5.32 Å². The summed E-state index contributed by atoms with van der Waals surface area (Å²) >= 11 is 3.47. The van der Waals surface area contributed by atoms with Gasteiger partial charge in [0.15, 0.2) is 0 Å². The summed E-state index contributed by atoms with van der Waals surface area (Å²) in [6.45, 7) is 2.19. The molecule has 0 radical (unpaired) electrons. The highest BCUT2D eigenvalue weighted by molar-refractivity contribution is 9.10. The number of halogens is 1. The van der Waals surface area contributed by atoms with Crippen molar-refractivity contribution < 1.29 is 0 Å². The standard InChI is InChI=1S/C14H15BrN2/c1-2-3-11-4-6-12(7-5-11)17-14-8-9-16-10-13(14)15/h4-10H,2-3H2,1H3,(H,16,17). The molecule has 1 heterocycles. The fraction of sp³-hybridized carbons (Fsp3) is 0.214. The van der Waals surface area contributed by atoms with E-state index in [1.165, 1.54) is 12.0 Å². The molecule has 0 amide bonds. The monoisotopic (exact) mass is 290 g/mol. The zero-order chi connectivity index (χ0) is 12.1. The summed E-state index contributed by atoms with van der Waals surface area (Å²) in [6.07, 6.45) is 5.88. The third kappa shape index (κ3) is 3.30. The van der Waals surface area contributed by atoms with Crippen molar-refractivity contribution in [2.45, 2.75) is 19.8 Å². The molecule has 17 heavy (non-hydrogen) atoms. The Morgan fingerprint density at radius 3 is 2.59 bits per heavy atom. The van der Waals surface area contributed by atoms with E-state index in [1.54, 1.807) is 12.4 Å². The highest BCUT2D eigenvalue weighted by atomic mass is 79.9. The van der Waals surface area contributed by atoms with Crippen LogP contribution in [0.5, 0.6) is 0 Å². The Morgan fingerprint density at radius 1 is 1.18 bits per heavy atom. The molecule has 0 fully saturated rings. The molecule has 2 nitrogen and oxygen atoms in total. The minimum atomic E-state index is 0.970. The molecule has 2 rings (SSSR count). The molecule has 0 aliphatic carbocycles. The number of benzene rings is 1. The first kappa shape index (κ1) is 12.1. The molecule has 2 aromatic rings. The summed E-state index contributed by atoms with van der Waals surface area (Å²) in [5.74, 6) is 0. The SMILES string of the molecule is CCCc1ccc(Nc2ccncc2Br)cc1. The lowest BCUT2D eigenvalue weighted by atomic mass is 10.1. The summed E-state index contributed by atoms with van der Waals surface area (Å²) in [6, 6.07) is 10.5. The van der Waals surface area contributed by atoms with Crippen molar-refractivity contribution in [3.8, 4) is 0 Å². The molecule has 0 saturated carbocycles. The van der Waals surface area contributed by atoms with E-state index in [2.05, 4.69) is 57.4 Å². The summed E-state index contributed by atoms with van der Waals surface area (Å²) in [5, 5.41) is 3.35. The fourth-order valence-corrected chi connectivity index (χ4v) is 2.02. The third-order valence-corrected chi connectivity index (χ3v) is 3.18. The normalized spacial score (nSPS) is 10.2. The second-order valence-corrected chi connectivity index (χ2v) is 4.78. The minimum absolute atomic E-state index is 0.970. The van der Waals surface area contributed by atoms with Gasteiger partial charge in [0.2, 0.25) is 0 Å². The number of anilines is 2. The molecule has 0 aliphatic rings. The number of aromatic nitrogens is 1. The lowest BCUT2D eigenvalue weighted by Gasteiger charge is -2.08. The van der Waals surface area contributed by atoms with Crippen LogP contribution in [-0.2, 0) is 6.42 Å². The molecule has 0 spiro atoms. The van der Waals surface area contributed by atoms with Gasteiger partial charge in [-0.3, -0.25) is 4.98 Å². The van der Waals surface area contributed by atoms with Crippen molar-refractivity contribution in [1.29, 1.82) is 0 Å². The maximum absolute atomic E-state index is 4.04. The average molecular weight is 291 g/mol. The average Bonchev–Trinajstić information content (AvgIpc) is 2.35. The quantitative estimate of drug-likeness (QED) is 0.894. The van der Waals surface area contributed by atoms with Gasteiger partial charge in [-0.25, -0.2) is 0 Å². The maximum atomic E-state index is 4.04. The van der Waals surface area contributed by atoms with E-state index in [0.29, 0.717) is 0 Å². The molecule has 1 aromatic heterocycles. The van der Waals surface area contributed by atoms with Crippen molar-refractivity contribution in [1.82, 2.24) is 4.98 Å². The second kappa shape index (κ2) is 5.82. The summed E-state index contributed by atoms with van der Waals surface area (Å²) in [7, 11) is 0. The van der Waals surface area contributed by atoms with E-state index in [-0.39, 0.29) is 0 Å². The first-order valence-electron chi connectivity index (χ1n) is 5.75. The molecular weight excluding hydrogens is 276 g/mol. The van der Waals surface area contributed by atoms with Crippen LogP contribution in [0.1, 0.15) is 18.9 Å². The predicted molar refractivity (Wildman–Crippen MR) is 75.7 cm³/mol. The van der Waals surface area contributed by atoms with Crippen LogP contribution >= 0.6 is 15.9 Å². The van der Waals surface area contributed by atoms with E-state index < -0.39 is 0 Å². The largest absolute Gasteiger partial charge is 0.355 e. The Bertz CT molecular complexity index is 480. The van der Waals surface area contributed by atoms with Crippen molar-refractivity contribution in [2.24, 2.45) is 0 Å². The summed E-state index contributed by atoms with van der Waals surface area (Å²) in [4.78, 5) is 4.04. The van der Waals surface area contributed by atoms with Crippen molar-refractivity contribution in [2.75, 3.05) is 5.32 Å². The summed E-state index contributed by atoms with van der Waals surface area (Å²) < 4.78 is 0.970. The Hall–Kier alpha value is -1.35. The lowest BCUT2D eigenvalue weighted by Crippen LogP contribution is -1.92. The van der Waals surface area contributed by atoms with E-state index >= 15 is 0 Å². The van der Waals surface area contributed by atoms with Crippen LogP contribution in [0, 0.1) is 0 Å². The van der Waals surface area contributed by atoms with Crippen molar-refractivity contribution in [3.63, 3.8) is 0 Å². The van der Waals surface area contributed by atoms with Crippen molar-refractivity contribution in [3.05, 3.63) is 52.8 Å². The van der Waals surface area contributed by atoms with E-state index in [9.17, 15) is 0 Å². The zero-order valence-electron chi connectivity index (χ0n) is 9.78. The number of pyridine rings is 1. The van der Waals surface area contributed by atoms with Crippen molar-refractivity contribution >= 4 is 27.3 Å². The zero-order valence-corrected chi connectivity index (χ0v) is 11.4. The molecule has 0 saturated heterocycles. The van der Waals surface area contributed by atoms with Gasteiger partial charge in [0.25, 0.3) is 0 Å². The van der Waals surface area contributed by atoms with Gasteiger partial charge in [-0.2, -0.15) is 0 Å². The number of nitrogens with zero attached hydrogens (tertiary/aromatic N) is 1. The molecule has 3 heteroatoms. The van der Waals surface area contributed by atoms with Crippen LogP contribution in [0.4, 0.5) is 11.4 Å². The highest BCUT2D eigenvalue weighted by Crippen LogP contribution is 2.24. The summed E-state index contributed by atoms with van der Waals surface area (Å²) in [5.41, 5.74) is 3.51. The number of hydrogen-bond donors (Lipinski definition) is 1. The van der Waals surface area contributed by atoms with Crippen LogP contribution in [-0.4, -0.2) is 4.98 Å². The second-order valence-electron chi connectivity index (χ2n) is 3.93. The lowest BCUT2D eigenvalue weighted by molar-refractivity contribution is 0.922. The number of hydrogen-bond acceptors (Lipinski definition) is 2. The molecule has 0 bridgehead atoms. The topological polar surface area (TPSA) is 24.9 Å². The van der Waals surface area contributed by atoms with Gasteiger partial charge in [-0.1, -0.05) is 25.5 Å². The molecule has 0 unspecified atom stereocenters. The van der Waals surface area contributed by atoms with Gasteiger partial charge in [0, 0.05) is 18.1 Å². The van der Waals surface area contributed by atoms with Gasteiger partial charge in [-0.05, 0) is 46.1 Å². The van der Waals surface area contributed by atoms with Gasteiger partial charge < -0.3 is 5.32 Å². The third-order valence-electron chi connectivity index (χ3n) is 2.54. The Morgan fingerprint density at radius 2 is 1.94 bits per heavy atom. The fourth-order valence-electron chi connectivity index (χ4n) is 1.68. The molecule has 1 N–H and O–H groups in total. The molecule has 0 aliphatic heterocycles. The van der Waals surface area contributed by atoms with Crippen LogP contribution in [0.15, 0.2) is 47.2 Å². The highest BCUT2D eigenvalue weighted by Gasteiger charge is 1.99. The minimum Gasteiger partial charge on any atom is -0.355 e. The molecular formula is C14H15BrN2. The van der Waals surface area contributed by atoms with E-state index in [4.69, 9.17) is 0 Å². The number of nitrogens with one attached hydrogen (secondary N) is 1. The number of rotatable bonds is 4. The van der Waals surface area contributed by atoms with E-state index in [1.807, 2.05) is 6.07 Å². The Labute approximate surface area is 110 Å². The molecule has 0 atom stereocenters. The Kier molecular flexibility index (Phi) is 4.15. The van der Waals surface area contributed by atoms with Crippen LogP contribution in [0.25, 0.3) is 0 Å². The van der Waals surface area contributed by atoms with E-state index in [0.717, 1.165) is 22.3 Å². The molecule has 1 aromatic carbocycles. The van der Waals surface area contributed by atoms with Gasteiger partial charge in [0.1, 0.15) is 0 Å². The van der Waals surface area contributed by atoms with Crippen LogP contribution in [0.2, 0.25) is 0 Å². The number of aryl methyl sites for hydroxylation is 1. The predicted octanol–water partition coefficient (Wildman–Crippen LogP) is 4.54. The Balaban J connectivity index is 2.11. The van der Waals surface area contributed by atoms with Crippen LogP contribution in [0.3, 0.4) is 0 Å². The maximum Gasteiger partial charge on any atom is 0.0593 e. The first-order chi connectivity index (χ1) is 8.29. The van der Waals surface area contributed by atoms with Gasteiger partial charge in [-0.15, -0.1) is 0 Å². The molecule has 88 valence electrons. The van der Waals surface area contributed by atoms with Gasteiger partial charge in [0.05, 0.1) is 10.2 Å². The first-order valence-corrected chi connectivity index (χ1v) is 6.54.